The van der Waals surface area contributed by atoms with Crippen LogP contribution in [0.2, 0.25) is 0 Å². The van der Waals surface area contributed by atoms with E-state index < -0.39 is 17.6 Å². The van der Waals surface area contributed by atoms with E-state index in [0.29, 0.717) is 11.1 Å². The minimum Gasteiger partial charge on any atom is -0.298 e. The highest BCUT2D eigenvalue weighted by molar-refractivity contribution is 5.94. The van der Waals surface area contributed by atoms with Crippen molar-refractivity contribution in [3.05, 3.63) is 84.4 Å². The van der Waals surface area contributed by atoms with Crippen LogP contribution in [0.25, 0.3) is 27.8 Å². The molecule has 2 nitrogen and oxygen atoms in total. The highest BCUT2D eigenvalue weighted by atomic mass is 19.4. The van der Waals surface area contributed by atoms with E-state index in [0.717, 1.165) is 17.8 Å². The summed E-state index contributed by atoms with van der Waals surface area (Å²) in [6.07, 6.45) is -3.05. The fraction of sp³-hybridized carbons (Fsp3) is 0.0500. The first-order valence-corrected chi connectivity index (χ1v) is 7.83. The van der Waals surface area contributed by atoms with Crippen LogP contribution in [-0.4, -0.2) is 9.55 Å². The van der Waals surface area contributed by atoms with Gasteiger partial charge in [0.25, 0.3) is 0 Å². The van der Waals surface area contributed by atoms with Crippen molar-refractivity contribution in [1.29, 1.82) is 0 Å². The Hall–Kier alpha value is -3.15. The van der Waals surface area contributed by atoms with Gasteiger partial charge in [0.05, 0.1) is 16.6 Å². The van der Waals surface area contributed by atoms with Crippen molar-refractivity contribution in [2.75, 3.05) is 0 Å². The van der Waals surface area contributed by atoms with Crippen LogP contribution in [0.5, 0.6) is 0 Å². The number of halogens is 4. The summed E-state index contributed by atoms with van der Waals surface area (Å²) >= 11 is 0. The van der Waals surface area contributed by atoms with Gasteiger partial charge in [0.2, 0.25) is 0 Å². The third kappa shape index (κ3) is 2.83. The van der Waals surface area contributed by atoms with Crippen molar-refractivity contribution in [1.82, 2.24) is 9.55 Å². The first-order chi connectivity index (χ1) is 12.4. The topological polar surface area (TPSA) is 17.8 Å². The molecule has 0 N–H and O–H groups in total. The Morgan fingerprint density at radius 1 is 0.846 bits per heavy atom. The Morgan fingerprint density at radius 2 is 1.62 bits per heavy atom. The maximum Gasteiger partial charge on any atom is 0.416 e. The fourth-order valence-electron chi connectivity index (χ4n) is 2.97. The molecule has 26 heavy (non-hydrogen) atoms. The number of benzene rings is 3. The second-order valence-electron chi connectivity index (χ2n) is 5.85. The lowest BCUT2D eigenvalue weighted by Crippen LogP contribution is -2.05. The van der Waals surface area contributed by atoms with Crippen molar-refractivity contribution in [3.8, 4) is 16.8 Å². The molecule has 1 heterocycles. The predicted molar refractivity (Wildman–Crippen MR) is 91.5 cm³/mol. The molecule has 1 aromatic heterocycles. The third-order valence-corrected chi connectivity index (χ3v) is 4.14. The molecule has 0 fully saturated rings. The van der Waals surface area contributed by atoms with Gasteiger partial charge in [-0.25, -0.2) is 9.37 Å². The molecule has 0 saturated carbocycles. The average Bonchev–Trinajstić information content (AvgIpc) is 3.05. The summed E-state index contributed by atoms with van der Waals surface area (Å²) in [5, 5.41) is 0. The molecule has 4 rings (SSSR count). The molecule has 3 aromatic carbocycles. The van der Waals surface area contributed by atoms with Crippen LogP contribution in [0.15, 0.2) is 73.1 Å². The Kier molecular flexibility index (Phi) is 3.76. The van der Waals surface area contributed by atoms with Crippen LogP contribution in [-0.2, 0) is 6.18 Å². The van der Waals surface area contributed by atoms with Crippen LogP contribution < -0.4 is 0 Å². The van der Waals surface area contributed by atoms with Crippen molar-refractivity contribution < 1.29 is 17.6 Å². The van der Waals surface area contributed by atoms with Gasteiger partial charge in [0.1, 0.15) is 12.1 Å². The molecule has 0 saturated heterocycles. The van der Waals surface area contributed by atoms with Gasteiger partial charge in [0, 0.05) is 11.3 Å². The van der Waals surface area contributed by atoms with E-state index >= 15 is 0 Å². The number of hydrogen-bond acceptors (Lipinski definition) is 1. The smallest absolute Gasteiger partial charge is 0.298 e. The molecule has 0 amide bonds. The monoisotopic (exact) mass is 356 g/mol. The van der Waals surface area contributed by atoms with E-state index in [9.17, 15) is 17.6 Å². The number of imidazole rings is 1. The second-order valence-corrected chi connectivity index (χ2v) is 5.85. The van der Waals surface area contributed by atoms with Gasteiger partial charge in [-0.3, -0.25) is 4.57 Å². The van der Waals surface area contributed by atoms with Gasteiger partial charge >= 0.3 is 6.18 Å². The summed E-state index contributed by atoms with van der Waals surface area (Å²) in [5.74, 6) is -0.515. The molecule has 0 atom stereocenters. The van der Waals surface area contributed by atoms with Crippen LogP contribution in [0.4, 0.5) is 17.6 Å². The maximum atomic E-state index is 13.7. The standard InChI is InChI=1S/C20H12F4N2/c21-15-6-4-5-13(9-15)17-10-14(20(22,23)24)11-18-19(17)26(12-25-18)16-7-2-1-3-8-16/h1-12H. The summed E-state index contributed by atoms with van der Waals surface area (Å²) < 4.78 is 55.3. The molecule has 0 aliphatic carbocycles. The molecule has 0 radical (unpaired) electrons. The van der Waals surface area contributed by atoms with Crippen molar-refractivity contribution in [3.63, 3.8) is 0 Å². The quantitative estimate of drug-likeness (QED) is 0.412. The van der Waals surface area contributed by atoms with Gasteiger partial charge in [-0.2, -0.15) is 13.2 Å². The minimum atomic E-state index is -4.52. The average molecular weight is 356 g/mol. The summed E-state index contributed by atoms with van der Waals surface area (Å²) in [4.78, 5) is 4.15. The molecule has 0 aliphatic rings. The molecule has 6 heteroatoms. The van der Waals surface area contributed by atoms with E-state index in [1.165, 1.54) is 24.5 Å². The first kappa shape index (κ1) is 16.3. The molecule has 0 unspecified atom stereocenters. The number of nitrogens with zero attached hydrogens (tertiary/aromatic N) is 2. The maximum absolute atomic E-state index is 13.7. The van der Waals surface area contributed by atoms with Crippen molar-refractivity contribution in [2.45, 2.75) is 6.18 Å². The summed E-state index contributed by atoms with van der Waals surface area (Å²) in [6.45, 7) is 0. The van der Waals surface area contributed by atoms with Gasteiger partial charge in [-0.1, -0.05) is 30.3 Å². The second kappa shape index (κ2) is 5.98. The molecule has 4 aromatic rings. The normalized spacial score (nSPS) is 11.8. The van der Waals surface area contributed by atoms with Gasteiger partial charge < -0.3 is 0 Å². The number of rotatable bonds is 2. The molecule has 0 spiro atoms. The van der Waals surface area contributed by atoms with Gasteiger partial charge in [0.15, 0.2) is 0 Å². The van der Waals surface area contributed by atoms with Gasteiger partial charge in [-0.15, -0.1) is 0 Å². The Labute approximate surface area is 146 Å². The Morgan fingerprint density at radius 3 is 2.31 bits per heavy atom. The van der Waals surface area contributed by atoms with E-state index in [1.807, 2.05) is 30.3 Å². The number of fused-ring (bicyclic) bond motifs is 1. The minimum absolute atomic E-state index is 0.197. The van der Waals surface area contributed by atoms with Gasteiger partial charge in [-0.05, 0) is 42.0 Å². The Bertz CT molecular complexity index is 1080. The summed E-state index contributed by atoms with van der Waals surface area (Å²) in [6, 6.07) is 16.7. The highest BCUT2D eigenvalue weighted by Crippen LogP contribution is 2.37. The number of aromatic nitrogens is 2. The zero-order chi connectivity index (χ0) is 18.3. The zero-order valence-corrected chi connectivity index (χ0v) is 13.3. The van der Waals surface area contributed by atoms with Crippen LogP contribution in [0.3, 0.4) is 0 Å². The Balaban J connectivity index is 2.07. The highest BCUT2D eigenvalue weighted by Gasteiger charge is 2.32. The third-order valence-electron chi connectivity index (χ3n) is 4.14. The molecule has 0 aliphatic heterocycles. The summed E-state index contributed by atoms with van der Waals surface area (Å²) in [5.41, 5.74) is 1.27. The van der Waals surface area contributed by atoms with E-state index in [2.05, 4.69) is 4.98 Å². The molecule has 0 bridgehead atoms. The first-order valence-electron chi connectivity index (χ1n) is 7.83. The van der Waals surface area contributed by atoms with Crippen molar-refractivity contribution in [2.24, 2.45) is 0 Å². The largest absolute Gasteiger partial charge is 0.416 e. The van der Waals surface area contributed by atoms with Crippen LogP contribution in [0.1, 0.15) is 5.56 Å². The lowest BCUT2D eigenvalue weighted by molar-refractivity contribution is -0.137. The molecule has 130 valence electrons. The number of para-hydroxylation sites is 1. The fourth-order valence-corrected chi connectivity index (χ4v) is 2.97. The lowest BCUT2D eigenvalue weighted by Gasteiger charge is -2.13. The summed E-state index contributed by atoms with van der Waals surface area (Å²) in [7, 11) is 0. The SMILES string of the molecule is Fc1cccc(-c2cc(C(F)(F)F)cc3ncn(-c4ccccc4)c23)c1. The lowest BCUT2D eigenvalue weighted by atomic mass is 10.0. The number of hydrogen-bond donors (Lipinski definition) is 0. The van der Waals surface area contributed by atoms with Crippen molar-refractivity contribution >= 4 is 11.0 Å². The zero-order valence-electron chi connectivity index (χ0n) is 13.3. The van der Waals surface area contributed by atoms with Crippen LogP contribution >= 0.6 is 0 Å². The van der Waals surface area contributed by atoms with E-state index in [4.69, 9.17) is 0 Å². The molecular weight excluding hydrogens is 344 g/mol. The molecular formula is C20H12F4N2. The van der Waals surface area contributed by atoms with E-state index in [1.54, 1.807) is 10.6 Å². The van der Waals surface area contributed by atoms with E-state index in [-0.39, 0.29) is 11.1 Å². The number of alkyl halides is 3. The van der Waals surface area contributed by atoms with Crippen LogP contribution in [0, 0.1) is 5.82 Å². The predicted octanol–water partition coefficient (Wildman–Crippen LogP) is 5.85.